The van der Waals surface area contributed by atoms with Crippen LogP contribution in [0.2, 0.25) is 0 Å². The molecule has 1 aromatic carbocycles. The summed E-state index contributed by atoms with van der Waals surface area (Å²) in [5.74, 6) is 0. The van der Waals surface area contributed by atoms with Crippen LogP contribution in [-0.4, -0.2) is 15.2 Å². The third-order valence-corrected chi connectivity index (χ3v) is 2.69. The fourth-order valence-electron chi connectivity index (χ4n) is 1.83. The van der Waals surface area contributed by atoms with Gasteiger partial charge in [-0.3, -0.25) is 10.1 Å². The van der Waals surface area contributed by atoms with E-state index in [2.05, 4.69) is 33.4 Å². The van der Waals surface area contributed by atoms with Crippen LogP contribution in [0.15, 0.2) is 61.1 Å². The highest BCUT2D eigenvalue weighted by Gasteiger charge is 2.01. The Bertz CT molecular complexity index is 600. The molecule has 0 saturated carbocycles. The number of H-pyrrole nitrogens is 1. The molecule has 0 aliphatic carbocycles. The van der Waals surface area contributed by atoms with Crippen molar-refractivity contribution in [1.29, 1.82) is 0 Å². The summed E-state index contributed by atoms with van der Waals surface area (Å²) >= 11 is 0. The van der Waals surface area contributed by atoms with Crippen LogP contribution in [0.3, 0.4) is 0 Å². The van der Waals surface area contributed by atoms with Crippen molar-refractivity contribution >= 4 is 0 Å². The first-order valence-electron chi connectivity index (χ1n) is 5.44. The number of hydrogen-bond acceptors (Lipinski definition) is 2. The number of aromatic amines is 1. The molecule has 0 atom stereocenters. The van der Waals surface area contributed by atoms with Crippen LogP contribution in [0.4, 0.5) is 0 Å². The van der Waals surface area contributed by atoms with Crippen molar-refractivity contribution in [3.05, 3.63) is 61.1 Å². The van der Waals surface area contributed by atoms with E-state index in [0.717, 1.165) is 11.3 Å². The first kappa shape index (κ1) is 9.78. The molecule has 0 spiro atoms. The van der Waals surface area contributed by atoms with Gasteiger partial charge in [-0.05, 0) is 35.4 Å². The van der Waals surface area contributed by atoms with Gasteiger partial charge in [-0.15, -0.1) is 0 Å². The maximum Gasteiger partial charge on any atom is 0.0650 e. The number of hydrogen-bond donors (Lipinski definition) is 1. The minimum absolute atomic E-state index is 1.03. The second kappa shape index (κ2) is 4.22. The van der Waals surface area contributed by atoms with E-state index in [-0.39, 0.29) is 0 Å². The van der Waals surface area contributed by atoms with Crippen LogP contribution in [0.25, 0.3) is 22.4 Å². The van der Waals surface area contributed by atoms with Crippen LogP contribution in [0.1, 0.15) is 0 Å². The Morgan fingerprint density at radius 2 is 1.59 bits per heavy atom. The maximum atomic E-state index is 4.03. The molecule has 17 heavy (non-hydrogen) atoms. The van der Waals surface area contributed by atoms with Gasteiger partial charge in [-0.2, -0.15) is 5.10 Å². The number of nitrogens with zero attached hydrogens (tertiary/aromatic N) is 2. The Labute approximate surface area is 99.2 Å². The summed E-state index contributed by atoms with van der Waals surface area (Å²) in [7, 11) is 0. The van der Waals surface area contributed by atoms with Crippen molar-refractivity contribution in [3.8, 4) is 22.4 Å². The van der Waals surface area contributed by atoms with Crippen LogP contribution in [0.5, 0.6) is 0 Å². The van der Waals surface area contributed by atoms with E-state index in [0.29, 0.717) is 0 Å². The molecule has 0 aliphatic rings. The minimum atomic E-state index is 1.03. The highest BCUT2D eigenvalue weighted by atomic mass is 15.1. The SMILES string of the molecule is c1cc(-c2ccncc2)cc(-c2ccn[nH]2)c1. The Morgan fingerprint density at radius 1 is 0.765 bits per heavy atom. The lowest BCUT2D eigenvalue weighted by molar-refractivity contribution is 1.10. The monoisotopic (exact) mass is 221 g/mol. The number of nitrogens with one attached hydrogen (secondary N) is 1. The molecular formula is C14H11N3. The fraction of sp³-hybridized carbons (Fsp3) is 0. The molecule has 0 fully saturated rings. The van der Waals surface area contributed by atoms with Crippen LogP contribution < -0.4 is 0 Å². The molecule has 1 N–H and O–H groups in total. The van der Waals surface area contributed by atoms with E-state index in [1.165, 1.54) is 11.1 Å². The van der Waals surface area contributed by atoms with Crippen molar-refractivity contribution < 1.29 is 0 Å². The highest BCUT2D eigenvalue weighted by molar-refractivity contribution is 5.70. The molecule has 0 saturated heterocycles. The number of pyridine rings is 1. The summed E-state index contributed by atoms with van der Waals surface area (Å²) in [4.78, 5) is 4.03. The van der Waals surface area contributed by atoms with Gasteiger partial charge in [0.2, 0.25) is 0 Å². The van der Waals surface area contributed by atoms with E-state index in [9.17, 15) is 0 Å². The smallest absolute Gasteiger partial charge is 0.0650 e. The second-order valence-corrected chi connectivity index (χ2v) is 3.79. The molecule has 0 radical (unpaired) electrons. The summed E-state index contributed by atoms with van der Waals surface area (Å²) in [6.45, 7) is 0. The van der Waals surface area contributed by atoms with Crippen LogP contribution >= 0.6 is 0 Å². The molecule has 3 heteroatoms. The van der Waals surface area contributed by atoms with Crippen LogP contribution in [-0.2, 0) is 0 Å². The lowest BCUT2D eigenvalue weighted by atomic mass is 10.0. The summed E-state index contributed by atoms with van der Waals surface area (Å²) in [5.41, 5.74) is 4.51. The van der Waals surface area contributed by atoms with E-state index in [1.807, 2.05) is 24.3 Å². The standard InChI is InChI=1S/C14H11N3/c1-2-12(11-4-7-15-8-5-11)10-13(3-1)14-6-9-16-17-14/h1-10H,(H,16,17). The van der Waals surface area contributed by atoms with Gasteiger partial charge in [0.25, 0.3) is 0 Å². The highest BCUT2D eigenvalue weighted by Crippen LogP contribution is 2.24. The Balaban J connectivity index is 2.06. The number of benzene rings is 1. The molecule has 0 unspecified atom stereocenters. The molecule has 0 amide bonds. The fourth-order valence-corrected chi connectivity index (χ4v) is 1.83. The van der Waals surface area contributed by atoms with Gasteiger partial charge in [0.1, 0.15) is 0 Å². The molecule has 3 nitrogen and oxygen atoms in total. The minimum Gasteiger partial charge on any atom is -0.278 e. The van der Waals surface area contributed by atoms with E-state index in [4.69, 9.17) is 0 Å². The van der Waals surface area contributed by atoms with Gasteiger partial charge < -0.3 is 0 Å². The van der Waals surface area contributed by atoms with Gasteiger partial charge in [-0.1, -0.05) is 18.2 Å². The van der Waals surface area contributed by atoms with E-state index >= 15 is 0 Å². The van der Waals surface area contributed by atoms with Gasteiger partial charge in [0.15, 0.2) is 0 Å². The predicted molar refractivity (Wildman–Crippen MR) is 67.3 cm³/mol. The summed E-state index contributed by atoms with van der Waals surface area (Å²) in [5, 5.41) is 6.94. The molecule has 0 aliphatic heterocycles. The lowest BCUT2D eigenvalue weighted by Gasteiger charge is -2.03. The average Bonchev–Trinajstić information content (AvgIpc) is 2.94. The number of rotatable bonds is 2. The zero-order chi connectivity index (χ0) is 11.5. The molecule has 82 valence electrons. The average molecular weight is 221 g/mol. The van der Waals surface area contributed by atoms with E-state index < -0.39 is 0 Å². The topological polar surface area (TPSA) is 41.6 Å². The van der Waals surface area contributed by atoms with Crippen molar-refractivity contribution in [3.63, 3.8) is 0 Å². The third kappa shape index (κ3) is 1.95. The second-order valence-electron chi connectivity index (χ2n) is 3.79. The van der Waals surface area contributed by atoms with Gasteiger partial charge in [0.05, 0.1) is 5.69 Å². The van der Waals surface area contributed by atoms with Crippen LogP contribution in [0, 0.1) is 0 Å². The van der Waals surface area contributed by atoms with Crippen molar-refractivity contribution in [2.75, 3.05) is 0 Å². The van der Waals surface area contributed by atoms with E-state index in [1.54, 1.807) is 18.6 Å². The summed E-state index contributed by atoms with van der Waals surface area (Å²) < 4.78 is 0. The summed E-state index contributed by atoms with van der Waals surface area (Å²) in [6.07, 6.45) is 5.37. The molecule has 2 heterocycles. The summed E-state index contributed by atoms with van der Waals surface area (Å²) in [6, 6.07) is 14.3. The lowest BCUT2D eigenvalue weighted by Crippen LogP contribution is -1.82. The van der Waals surface area contributed by atoms with Crippen molar-refractivity contribution in [2.24, 2.45) is 0 Å². The Hall–Kier alpha value is -2.42. The van der Waals surface area contributed by atoms with Gasteiger partial charge in [0, 0.05) is 24.2 Å². The first-order valence-corrected chi connectivity index (χ1v) is 5.44. The predicted octanol–water partition coefficient (Wildman–Crippen LogP) is 3.14. The van der Waals surface area contributed by atoms with Crippen molar-refractivity contribution in [2.45, 2.75) is 0 Å². The Morgan fingerprint density at radius 3 is 2.35 bits per heavy atom. The zero-order valence-electron chi connectivity index (χ0n) is 9.17. The number of aromatic nitrogens is 3. The molecule has 3 rings (SSSR count). The van der Waals surface area contributed by atoms with Gasteiger partial charge >= 0.3 is 0 Å². The Kier molecular flexibility index (Phi) is 2.43. The quantitative estimate of drug-likeness (QED) is 0.722. The van der Waals surface area contributed by atoms with Crippen molar-refractivity contribution in [1.82, 2.24) is 15.2 Å². The normalized spacial score (nSPS) is 10.4. The maximum absolute atomic E-state index is 4.03. The van der Waals surface area contributed by atoms with Gasteiger partial charge in [-0.25, -0.2) is 0 Å². The first-order chi connectivity index (χ1) is 8.43. The largest absolute Gasteiger partial charge is 0.278 e. The molecule has 3 aromatic rings. The molecule has 2 aromatic heterocycles. The third-order valence-electron chi connectivity index (χ3n) is 2.69. The zero-order valence-corrected chi connectivity index (χ0v) is 9.17. The molecule has 0 bridgehead atoms. The molecular weight excluding hydrogens is 210 g/mol.